The first-order valence-corrected chi connectivity index (χ1v) is 11.1. The third-order valence-corrected chi connectivity index (χ3v) is 5.92. The van der Waals surface area contributed by atoms with Gasteiger partial charge < -0.3 is 20.1 Å². The number of halogens is 1. The highest BCUT2D eigenvalue weighted by molar-refractivity contribution is 14.0. The quantitative estimate of drug-likeness (QED) is 0.281. The van der Waals surface area contributed by atoms with Gasteiger partial charge in [0.1, 0.15) is 11.5 Å². The Morgan fingerprint density at radius 3 is 2.00 bits per heavy atom. The zero-order valence-electron chi connectivity index (χ0n) is 19.5. The van der Waals surface area contributed by atoms with Crippen LogP contribution < -0.4 is 20.1 Å². The van der Waals surface area contributed by atoms with Crippen LogP contribution in [-0.4, -0.2) is 58.3 Å². The van der Waals surface area contributed by atoms with Crippen molar-refractivity contribution in [2.45, 2.75) is 25.8 Å². The van der Waals surface area contributed by atoms with E-state index in [-0.39, 0.29) is 24.0 Å². The van der Waals surface area contributed by atoms with Gasteiger partial charge in [-0.05, 0) is 73.7 Å². The number of hydrogen-bond acceptors (Lipinski definition) is 4. The minimum atomic E-state index is 0. The van der Waals surface area contributed by atoms with Crippen LogP contribution in [0.5, 0.6) is 11.5 Å². The predicted molar refractivity (Wildman–Crippen MR) is 142 cm³/mol. The van der Waals surface area contributed by atoms with E-state index in [2.05, 4.69) is 44.8 Å². The third kappa shape index (κ3) is 8.50. The highest BCUT2D eigenvalue weighted by Crippen LogP contribution is 2.19. The molecule has 0 amide bonds. The maximum absolute atomic E-state index is 5.24. The lowest BCUT2D eigenvalue weighted by Crippen LogP contribution is -2.43. The van der Waals surface area contributed by atoms with Crippen LogP contribution in [0.2, 0.25) is 0 Å². The minimum Gasteiger partial charge on any atom is -0.497 e. The van der Waals surface area contributed by atoms with E-state index in [4.69, 9.17) is 9.47 Å². The van der Waals surface area contributed by atoms with Gasteiger partial charge in [-0.25, -0.2) is 0 Å². The van der Waals surface area contributed by atoms with Crippen LogP contribution in [0.15, 0.2) is 53.5 Å². The molecule has 0 spiro atoms. The Balaban J connectivity index is 0.00000363. The second kappa shape index (κ2) is 14.2. The van der Waals surface area contributed by atoms with Gasteiger partial charge in [0.05, 0.1) is 14.2 Å². The van der Waals surface area contributed by atoms with E-state index in [1.807, 2.05) is 31.3 Å². The number of guanidine groups is 1. The zero-order chi connectivity index (χ0) is 21.9. The minimum absolute atomic E-state index is 0. The van der Waals surface area contributed by atoms with Crippen molar-refractivity contribution < 1.29 is 9.47 Å². The average molecular weight is 553 g/mol. The Labute approximate surface area is 209 Å². The molecule has 1 aliphatic heterocycles. The van der Waals surface area contributed by atoms with Gasteiger partial charge in [0, 0.05) is 26.7 Å². The summed E-state index contributed by atoms with van der Waals surface area (Å²) in [6.07, 6.45) is 3.38. The Morgan fingerprint density at radius 2 is 1.47 bits per heavy atom. The van der Waals surface area contributed by atoms with Crippen molar-refractivity contribution in [1.82, 2.24) is 15.5 Å². The number of ether oxygens (including phenoxy) is 2. The molecule has 0 saturated carbocycles. The largest absolute Gasteiger partial charge is 0.497 e. The number of benzene rings is 2. The van der Waals surface area contributed by atoms with Gasteiger partial charge in [0.25, 0.3) is 0 Å². The summed E-state index contributed by atoms with van der Waals surface area (Å²) in [7, 11) is 5.23. The smallest absolute Gasteiger partial charge is 0.190 e. The lowest BCUT2D eigenvalue weighted by atomic mass is 9.96. The summed E-state index contributed by atoms with van der Waals surface area (Å²) in [5.41, 5.74) is 2.63. The Bertz CT molecular complexity index is 804. The van der Waals surface area contributed by atoms with E-state index in [1.165, 1.54) is 24.0 Å². The molecule has 0 bridgehead atoms. The van der Waals surface area contributed by atoms with Crippen molar-refractivity contribution in [2.24, 2.45) is 10.9 Å². The first kappa shape index (κ1) is 26.3. The lowest BCUT2D eigenvalue weighted by molar-refractivity contribution is 0.178. The second-order valence-electron chi connectivity index (χ2n) is 8.05. The molecule has 0 atom stereocenters. The number of nitrogens with one attached hydrogen (secondary N) is 2. The van der Waals surface area contributed by atoms with Gasteiger partial charge in [-0.15, -0.1) is 24.0 Å². The summed E-state index contributed by atoms with van der Waals surface area (Å²) in [6, 6.07) is 16.6. The predicted octanol–water partition coefficient (Wildman–Crippen LogP) is 3.94. The SMILES string of the molecule is CN=C(NCCc1ccc(OC)cc1)NCC1CCN(Cc2ccc(OC)cc2)CC1.I. The summed E-state index contributed by atoms with van der Waals surface area (Å²) >= 11 is 0. The molecule has 1 heterocycles. The van der Waals surface area contributed by atoms with Gasteiger partial charge in [0.2, 0.25) is 0 Å². The maximum atomic E-state index is 5.24. The lowest BCUT2D eigenvalue weighted by Gasteiger charge is -2.32. The summed E-state index contributed by atoms with van der Waals surface area (Å²) in [6.45, 7) is 5.12. The van der Waals surface area contributed by atoms with Crippen LogP contribution in [0, 0.1) is 5.92 Å². The van der Waals surface area contributed by atoms with Crippen molar-refractivity contribution in [2.75, 3.05) is 47.4 Å². The van der Waals surface area contributed by atoms with Crippen molar-refractivity contribution >= 4 is 29.9 Å². The number of methoxy groups -OCH3 is 2. The monoisotopic (exact) mass is 552 g/mol. The molecular weight excluding hydrogens is 515 g/mol. The first-order valence-electron chi connectivity index (χ1n) is 11.1. The van der Waals surface area contributed by atoms with Gasteiger partial charge in [-0.2, -0.15) is 0 Å². The first-order chi connectivity index (χ1) is 15.2. The number of rotatable bonds is 9. The Hall–Kier alpha value is -2.00. The molecule has 7 heteroatoms. The molecule has 32 heavy (non-hydrogen) atoms. The van der Waals surface area contributed by atoms with Crippen LogP contribution in [0.1, 0.15) is 24.0 Å². The Kier molecular flexibility index (Phi) is 11.7. The molecule has 0 aromatic heterocycles. The van der Waals surface area contributed by atoms with Crippen LogP contribution in [-0.2, 0) is 13.0 Å². The number of hydrogen-bond donors (Lipinski definition) is 2. The summed E-state index contributed by atoms with van der Waals surface area (Å²) in [5.74, 6) is 3.38. The summed E-state index contributed by atoms with van der Waals surface area (Å²) in [5, 5.41) is 6.93. The molecule has 3 rings (SSSR count). The average Bonchev–Trinajstić information content (AvgIpc) is 2.83. The fourth-order valence-electron chi connectivity index (χ4n) is 3.92. The van der Waals surface area contributed by atoms with Crippen LogP contribution in [0.25, 0.3) is 0 Å². The van der Waals surface area contributed by atoms with Crippen LogP contribution in [0.3, 0.4) is 0 Å². The summed E-state index contributed by atoms with van der Waals surface area (Å²) in [4.78, 5) is 6.91. The fourth-order valence-corrected chi connectivity index (χ4v) is 3.92. The number of nitrogens with zero attached hydrogens (tertiary/aromatic N) is 2. The molecule has 6 nitrogen and oxygen atoms in total. The zero-order valence-corrected chi connectivity index (χ0v) is 21.8. The van der Waals surface area contributed by atoms with Crippen molar-refractivity contribution in [1.29, 1.82) is 0 Å². The van der Waals surface area contributed by atoms with Crippen molar-refractivity contribution in [3.63, 3.8) is 0 Å². The van der Waals surface area contributed by atoms with Crippen molar-refractivity contribution in [3.05, 3.63) is 59.7 Å². The van der Waals surface area contributed by atoms with Gasteiger partial charge in [-0.1, -0.05) is 24.3 Å². The molecule has 0 unspecified atom stereocenters. The Morgan fingerprint density at radius 1 is 0.906 bits per heavy atom. The molecule has 2 aromatic rings. The highest BCUT2D eigenvalue weighted by Gasteiger charge is 2.19. The second-order valence-corrected chi connectivity index (χ2v) is 8.05. The van der Waals surface area contributed by atoms with Gasteiger partial charge in [-0.3, -0.25) is 9.89 Å². The number of likely N-dealkylation sites (tertiary alicyclic amines) is 1. The molecule has 1 saturated heterocycles. The van der Waals surface area contributed by atoms with Crippen LogP contribution in [0.4, 0.5) is 0 Å². The topological polar surface area (TPSA) is 58.1 Å². The molecule has 0 radical (unpaired) electrons. The number of piperidine rings is 1. The van der Waals surface area contributed by atoms with E-state index >= 15 is 0 Å². The van der Waals surface area contributed by atoms with Gasteiger partial charge >= 0.3 is 0 Å². The van der Waals surface area contributed by atoms with E-state index in [9.17, 15) is 0 Å². The third-order valence-electron chi connectivity index (χ3n) is 5.92. The molecule has 2 aromatic carbocycles. The van der Waals surface area contributed by atoms with Gasteiger partial charge in [0.15, 0.2) is 5.96 Å². The standard InChI is InChI=1S/C25H36N4O2.HI/c1-26-25(27-15-12-20-4-8-23(30-2)9-5-20)28-18-21-13-16-29(17-14-21)19-22-6-10-24(31-3)11-7-22;/h4-11,21H,12-19H2,1-3H3,(H2,26,27,28);1H. The van der Waals surface area contributed by atoms with E-state index in [1.54, 1.807) is 14.2 Å². The van der Waals surface area contributed by atoms with Crippen LogP contribution >= 0.6 is 24.0 Å². The highest BCUT2D eigenvalue weighted by atomic mass is 127. The molecular formula is C25H37IN4O2. The molecule has 1 fully saturated rings. The van der Waals surface area contributed by atoms with E-state index < -0.39 is 0 Å². The molecule has 0 aliphatic carbocycles. The van der Waals surface area contributed by atoms with E-state index in [0.717, 1.165) is 56.6 Å². The molecule has 176 valence electrons. The van der Waals surface area contributed by atoms with E-state index in [0.29, 0.717) is 5.92 Å². The molecule has 1 aliphatic rings. The number of aliphatic imine (C=N–C) groups is 1. The normalized spacial score (nSPS) is 15.0. The molecule has 2 N–H and O–H groups in total. The summed E-state index contributed by atoms with van der Waals surface area (Å²) < 4.78 is 10.5. The maximum Gasteiger partial charge on any atom is 0.190 e. The fraction of sp³-hybridized carbons (Fsp3) is 0.480. The van der Waals surface area contributed by atoms with Crippen molar-refractivity contribution in [3.8, 4) is 11.5 Å².